The van der Waals surface area contributed by atoms with Crippen LogP contribution in [-0.2, 0) is 4.74 Å². The molecule has 140 valence electrons. The monoisotopic (exact) mass is 370 g/mol. The number of nitrogens with zero attached hydrogens (tertiary/aromatic N) is 7. The summed E-state index contributed by atoms with van der Waals surface area (Å²) in [5.74, 6) is 0.364. The number of anilines is 3. The number of rotatable bonds is 6. The summed E-state index contributed by atoms with van der Waals surface area (Å²) in [6, 6.07) is 1.82. The minimum atomic E-state index is -0.542. The molecule has 1 fully saturated rings. The first-order valence-electron chi connectivity index (χ1n) is 8.62. The van der Waals surface area contributed by atoms with Gasteiger partial charge in [0.25, 0.3) is 5.95 Å². The lowest BCUT2D eigenvalue weighted by Gasteiger charge is -2.26. The van der Waals surface area contributed by atoms with Gasteiger partial charge in [-0.1, -0.05) is 0 Å². The largest absolute Gasteiger partial charge is 0.383 e. The van der Waals surface area contributed by atoms with Crippen molar-refractivity contribution in [3.8, 4) is 5.95 Å². The molecule has 1 atom stereocenters. The molecule has 1 aliphatic rings. The maximum Gasteiger partial charge on any atom is 0.254 e. The third-order valence-corrected chi connectivity index (χ3v) is 4.35. The van der Waals surface area contributed by atoms with Gasteiger partial charge < -0.3 is 15.0 Å². The molecule has 0 unspecified atom stereocenters. The first-order chi connectivity index (χ1) is 13.3. The van der Waals surface area contributed by atoms with Gasteiger partial charge in [0.2, 0.25) is 5.82 Å². The molecular weight excluding hydrogens is 351 g/mol. The summed E-state index contributed by atoms with van der Waals surface area (Å²) in [5.41, 5.74) is 0. The van der Waals surface area contributed by atoms with E-state index in [0.717, 1.165) is 12.8 Å². The van der Waals surface area contributed by atoms with Crippen LogP contribution in [0.2, 0.25) is 0 Å². The first-order valence-corrected chi connectivity index (χ1v) is 8.62. The number of ether oxygens (including phenoxy) is 1. The van der Waals surface area contributed by atoms with Crippen LogP contribution in [0.3, 0.4) is 0 Å². The molecule has 10 heteroatoms. The van der Waals surface area contributed by atoms with Gasteiger partial charge in [0.15, 0.2) is 11.6 Å². The van der Waals surface area contributed by atoms with Crippen molar-refractivity contribution in [2.24, 2.45) is 0 Å². The van der Waals surface area contributed by atoms with Crippen molar-refractivity contribution in [2.75, 3.05) is 30.5 Å². The van der Waals surface area contributed by atoms with Gasteiger partial charge in [0, 0.05) is 38.4 Å². The molecule has 1 aliphatic heterocycles. The lowest BCUT2D eigenvalue weighted by Crippen LogP contribution is -2.34. The topological polar surface area (TPSA) is 93.9 Å². The number of halogens is 1. The summed E-state index contributed by atoms with van der Waals surface area (Å²) < 4.78 is 22.1. The molecule has 0 aliphatic carbocycles. The molecule has 1 N–H and O–H groups in total. The maximum absolute atomic E-state index is 15.3. The van der Waals surface area contributed by atoms with Gasteiger partial charge in [-0.25, -0.2) is 9.67 Å². The molecule has 4 heterocycles. The lowest BCUT2D eigenvalue weighted by atomic mass is 10.2. The van der Waals surface area contributed by atoms with Crippen molar-refractivity contribution in [3.05, 3.63) is 42.9 Å². The van der Waals surface area contributed by atoms with Crippen LogP contribution in [0, 0.1) is 5.82 Å². The van der Waals surface area contributed by atoms with Crippen molar-refractivity contribution >= 4 is 17.5 Å². The van der Waals surface area contributed by atoms with E-state index in [1.165, 1.54) is 17.1 Å². The van der Waals surface area contributed by atoms with Crippen LogP contribution >= 0.6 is 0 Å². The average Bonchev–Trinajstić information content (AvgIpc) is 3.37. The Bertz CT molecular complexity index is 889. The van der Waals surface area contributed by atoms with E-state index >= 15 is 4.39 Å². The van der Waals surface area contributed by atoms with Crippen LogP contribution in [0.5, 0.6) is 0 Å². The Hall–Kier alpha value is -3.14. The zero-order valence-electron chi connectivity index (χ0n) is 14.8. The quantitative estimate of drug-likeness (QED) is 0.704. The van der Waals surface area contributed by atoms with Crippen molar-refractivity contribution < 1.29 is 9.13 Å². The molecule has 27 heavy (non-hydrogen) atoms. The minimum Gasteiger partial charge on any atom is -0.383 e. The van der Waals surface area contributed by atoms with Crippen molar-refractivity contribution in [3.63, 3.8) is 0 Å². The zero-order chi connectivity index (χ0) is 18.6. The zero-order valence-corrected chi connectivity index (χ0v) is 14.8. The maximum atomic E-state index is 15.3. The van der Waals surface area contributed by atoms with Crippen LogP contribution in [0.15, 0.2) is 37.1 Å². The molecule has 4 rings (SSSR count). The Kier molecular flexibility index (Phi) is 4.88. The molecule has 9 nitrogen and oxygen atoms in total. The first kappa shape index (κ1) is 17.3. The highest BCUT2D eigenvalue weighted by Gasteiger charge is 2.30. The van der Waals surface area contributed by atoms with E-state index in [4.69, 9.17) is 4.74 Å². The van der Waals surface area contributed by atoms with Crippen LogP contribution < -0.4 is 10.2 Å². The van der Waals surface area contributed by atoms with Gasteiger partial charge in [0.1, 0.15) is 5.82 Å². The molecule has 0 amide bonds. The molecule has 3 aromatic heterocycles. The van der Waals surface area contributed by atoms with Crippen molar-refractivity contribution in [1.29, 1.82) is 0 Å². The molecule has 0 aromatic carbocycles. The second-order valence-corrected chi connectivity index (χ2v) is 6.12. The number of hydrogen-bond donors (Lipinski definition) is 1. The fourth-order valence-corrected chi connectivity index (χ4v) is 3.15. The Morgan fingerprint density at radius 1 is 1.30 bits per heavy atom. The Morgan fingerprint density at radius 2 is 2.22 bits per heavy atom. The fourth-order valence-electron chi connectivity index (χ4n) is 3.15. The molecule has 0 radical (unpaired) electrons. The van der Waals surface area contributed by atoms with Gasteiger partial charge in [-0.15, -0.1) is 0 Å². The van der Waals surface area contributed by atoms with E-state index in [1.807, 2.05) is 4.90 Å². The van der Waals surface area contributed by atoms with Gasteiger partial charge in [-0.05, 0) is 18.9 Å². The van der Waals surface area contributed by atoms with E-state index in [2.05, 4.69) is 30.4 Å². The van der Waals surface area contributed by atoms with Crippen LogP contribution in [-0.4, -0.2) is 56.0 Å². The molecule has 0 saturated carbocycles. The Morgan fingerprint density at radius 3 is 2.96 bits per heavy atom. The highest BCUT2D eigenvalue weighted by atomic mass is 19.1. The number of methoxy groups -OCH3 is 1. The van der Waals surface area contributed by atoms with Crippen LogP contribution in [0.4, 0.5) is 21.8 Å². The fraction of sp³-hybridized carbons (Fsp3) is 0.353. The highest BCUT2D eigenvalue weighted by molar-refractivity contribution is 5.59. The predicted molar refractivity (Wildman–Crippen MR) is 96.7 cm³/mol. The summed E-state index contributed by atoms with van der Waals surface area (Å²) in [6.07, 6.45) is 9.75. The second-order valence-electron chi connectivity index (χ2n) is 6.12. The average molecular weight is 370 g/mol. The smallest absolute Gasteiger partial charge is 0.254 e. The van der Waals surface area contributed by atoms with Gasteiger partial charge in [-0.3, -0.25) is 4.98 Å². The third kappa shape index (κ3) is 3.56. The SMILES string of the molecule is COC[C@H]1CCCN1c1nc(-n2cccn2)nc(Nc2cnccn2)c1F. The molecular formula is C17H19FN8O. The third-order valence-electron chi connectivity index (χ3n) is 4.35. The van der Waals surface area contributed by atoms with Gasteiger partial charge in [0.05, 0.1) is 18.8 Å². The molecule has 0 spiro atoms. The molecule has 0 bridgehead atoms. The van der Waals surface area contributed by atoms with Crippen molar-refractivity contribution in [1.82, 2.24) is 29.7 Å². The lowest BCUT2D eigenvalue weighted by molar-refractivity contribution is 0.180. The number of hydrogen-bond acceptors (Lipinski definition) is 8. The Balaban J connectivity index is 1.77. The normalized spacial score (nSPS) is 16.7. The van der Waals surface area contributed by atoms with Crippen molar-refractivity contribution in [2.45, 2.75) is 18.9 Å². The second kappa shape index (κ2) is 7.62. The summed E-state index contributed by atoms with van der Waals surface area (Å²) in [7, 11) is 1.64. The van der Waals surface area contributed by atoms with E-state index < -0.39 is 5.82 Å². The van der Waals surface area contributed by atoms with Crippen LogP contribution in [0.1, 0.15) is 12.8 Å². The number of aromatic nitrogens is 6. The standard InChI is InChI=1S/C17H19FN8O/c1-27-11-12-4-2-8-25(12)16-14(18)15(22-13-10-19-6-7-20-13)23-17(24-16)26-9-3-5-21-26/h3,5-7,9-10,12H,2,4,8,11H2,1H3,(H,20,22,23,24)/t12-/m1/s1. The summed E-state index contributed by atoms with van der Waals surface area (Å²) in [6.45, 7) is 1.21. The van der Waals surface area contributed by atoms with Crippen LogP contribution in [0.25, 0.3) is 5.95 Å². The number of nitrogens with one attached hydrogen (secondary N) is 1. The van der Waals surface area contributed by atoms with E-state index in [9.17, 15) is 0 Å². The molecule has 1 saturated heterocycles. The molecule has 3 aromatic rings. The summed E-state index contributed by atoms with van der Waals surface area (Å²) in [5, 5.41) is 7.04. The predicted octanol–water partition coefficient (Wildman–Crippen LogP) is 1.95. The van der Waals surface area contributed by atoms with E-state index in [-0.39, 0.29) is 23.6 Å². The minimum absolute atomic E-state index is 0.0223. The van der Waals surface area contributed by atoms with Gasteiger partial charge in [-0.2, -0.15) is 19.5 Å². The van der Waals surface area contributed by atoms with E-state index in [1.54, 1.807) is 31.8 Å². The van der Waals surface area contributed by atoms with E-state index in [0.29, 0.717) is 19.0 Å². The Labute approximate surface area is 155 Å². The summed E-state index contributed by atoms with van der Waals surface area (Å²) >= 11 is 0. The highest BCUT2D eigenvalue weighted by Crippen LogP contribution is 2.31. The van der Waals surface area contributed by atoms with Gasteiger partial charge >= 0.3 is 0 Å². The summed E-state index contributed by atoms with van der Waals surface area (Å²) in [4.78, 5) is 18.8.